The molecular formula is C14H11ClN2OS. The molecule has 0 saturated carbocycles. The third-order valence-electron chi connectivity index (χ3n) is 2.91. The van der Waals surface area contributed by atoms with Crippen LogP contribution in [0.3, 0.4) is 0 Å². The second kappa shape index (κ2) is 5.15. The first kappa shape index (κ1) is 12.4. The number of thiophene rings is 1. The second-order valence-corrected chi connectivity index (χ2v) is 5.38. The van der Waals surface area contributed by atoms with E-state index in [0.717, 1.165) is 16.0 Å². The van der Waals surface area contributed by atoms with E-state index in [9.17, 15) is 4.79 Å². The molecule has 0 aliphatic carbocycles. The third-order valence-corrected chi connectivity index (χ3v) is 3.97. The van der Waals surface area contributed by atoms with Gasteiger partial charge in [-0.3, -0.25) is 4.79 Å². The van der Waals surface area contributed by atoms with Gasteiger partial charge in [0.05, 0.1) is 5.39 Å². The van der Waals surface area contributed by atoms with E-state index in [1.54, 1.807) is 0 Å². The summed E-state index contributed by atoms with van der Waals surface area (Å²) >= 11 is 7.17. The molecule has 3 rings (SSSR count). The first-order valence-corrected chi connectivity index (χ1v) is 7.33. The lowest BCUT2D eigenvalue weighted by Gasteiger charge is -2.00. The fraction of sp³-hybridized carbons (Fsp3) is 0.143. The summed E-state index contributed by atoms with van der Waals surface area (Å²) in [6, 6.07) is 9.87. The minimum Gasteiger partial charge on any atom is -0.310 e. The number of halogens is 1. The lowest BCUT2D eigenvalue weighted by atomic mass is 10.1. The molecule has 0 aliphatic heterocycles. The zero-order chi connectivity index (χ0) is 13.2. The normalized spacial score (nSPS) is 11.0. The molecule has 0 aliphatic rings. The third kappa shape index (κ3) is 2.29. The summed E-state index contributed by atoms with van der Waals surface area (Å²) in [7, 11) is 0. The molecule has 0 spiro atoms. The van der Waals surface area contributed by atoms with Crippen molar-refractivity contribution in [1.29, 1.82) is 0 Å². The summed E-state index contributed by atoms with van der Waals surface area (Å²) in [4.78, 5) is 20.2. The predicted molar refractivity (Wildman–Crippen MR) is 80.1 cm³/mol. The van der Waals surface area contributed by atoms with Crippen molar-refractivity contribution in [3.05, 3.63) is 51.9 Å². The minimum absolute atomic E-state index is 0.0924. The zero-order valence-electron chi connectivity index (χ0n) is 10.0. The van der Waals surface area contributed by atoms with Crippen LogP contribution in [0.15, 0.2) is 40.5 Å². The van der Waals surface area contributed by atoms with E-state index in [0.29, 0.717) is 23.5 Å². The molecule has 0 bridgehead atoms. The van der Waals surface area contributed by atoms with Crippen LogP contribution in [0.2, 0.25) is 0 Å². The van der Waals surface area contributed by atoms with Crippen molar-refractivity contribution in [3.8, 4) is 11.1 Å². The molecule has 2 aromatic heterocycles. The molecule has 0 saturated heterocycles. The van der Waals surface area contributed by atoms with Crippen molar-refractivity contribution in [2.24, 2.45) is 0 Å². The number of aromatic amines is 1. The van der Waals surface area contributed by atoms with Crippen molar-refractivity contribution < 1.29 is 0 Å². The van der Waals surface area contributed by atoms with Crippen LogP contribution in [0.4, 0.5) is 0 Å². The van der Waals surface area contributed by atoms with Gasteiger partial charge in [0.1, 0.15) is 10.7 Å². The van der Waals surface area contributed by atoms with Crippen molar-refractivity contribution in [3.63, 3.8) is 0 Å². The van der Waals surface area contributed by atoms with Gasteiger partial charge in [0.25, 0.3) is 5.56 Å². The standard InChI is InChI=1S/C14H11ClN2OS/c15-7-6-11-16-13(18)12-10(8-19-14(12)17-11)9-4-2-1-3-5-9/h1-5,8H,6-7H2,(H,16,17,18). The molecule has 5 heteroatoms. The topological polar surface area (TPSA) is 45.8 Å². The van der Waals surface area contributed by atoms with Gasteiger partial charge in [-0.15, -0.1) is 22.9 Å². The number of benzene rings is 1. The lowest BCUT2D eigenvalue weighted by molar-refractivity contribution is 0.953. The highest BCUT2D eigenvalue weighted by Gasteiger charge is 2.12. The average Bonchev–Trinajstić information content (AvgIpc) is 2.84. The maximum absolute atomic E-state index is 12.2. The number of hydrogen-bond acceptors (Lipinski definition) is 3. The highest BCUT2D eigenvalue weighted by Crippen LogP contribution is 2.30. The van der Waals surface area contributed by atoms with Crippen LogP contribution in [-0.4, -0.2) is 15.8 Å². The summed E-state index contributed by atoms with van der Waals surface area (Å²) in [6.07, 6.45) is 0.575. The van der Waals surface area contributed by atoms with Crippen LogP contribution in [0.5, 0.6) is 0 Å². The Labute approximate surface area is 118 Å². The SMILES string of the molecule is O=c1[nH]c(CCCl)nc2scc(-c3ccccc3)c12. The van der Waals surface area contributed by atoms with E-state index in [4.69, 9.17) is 11.6 Å². The largest absolute Gasteiger partial charge is 0.310 e. The molecule has 0 unspecified atom stereocenters. The Morgan fingerprint density at radius 2 is 2.05 bits per heavy atom. The van der Waals surface area contributed by atoms with Crippen molar-refractivity contribution in [1.82, 2.24) is 9.97 Å². The fourth-order valence-electron chi connectivity index (χ4n) is 2.03. The Morgan fingerprint density at radius 1 is 1.26 bits per heavy atom. The van der Waals surface area contributed by atoms with E-state index in [1.165, 1.54) is 11.3 Å². The van der Waals surface area contributed by atoms with Gasteiger partial charge < -0.3 is 4.98 Å². The highest BCUT2D eigenvalue weighted by molar-refractivity contribution is 7.17. The van der Waals surface area contributed by atoms with Gasteiger partial charge in [-0.05, 0) is 5.56 Å². The van der Waals surface area contributed by atoms with Crippen LogP contribution in [0.1, 0.15) is 5.82 Å². The molecule has 1 N–H and O–H groups in total. The molecule has 19 heavy (non-hydrogen) atoms. The number of nitrogens with one attached hydrogen (secondary N) is 1. The van der Waals surface area contributed by atoms with Crippen LogP contribution < -0.4 is 5.56 Å². The van der Waals surface area contributed by atoms with Crippen molar-refractivity contribution >= 4 is 33.2 Å². The van der Waals surface area contributed by atoms with Crippen molar-refractivity contribution in [2.45, 2.75) is 6.42 Å². The molecule has 3 aromatic rings. The van der Waals surface area contributed by atoms with Gasteiger partial charge in [0, 0.05) is 23.2 Å². The average molecular weight is 291 g/mol. The first-order valence-electron chi connectivity index (χ1n) is 5.91. The van der Waals surface area contributed by atoms with Crippen LogP contribution in [0, 0.1) is 0 Å². The lowest BCUT2D eigenvalue weighted by Crippen LogP contribution is -2.11. The Morgan fingerprint density at radius 3 is 2.79 bits per heavy atom. The van der Waals surface area contributed by atoms with Gasteiger partial charge in [-0.1, -0.05) is 30.3 Å². The number of nitrogens with zero attached hydrogens (tertiary/aromatic N) is 1. The number of alkyl halides is 1. The maximum atomic E-state index is 12.2. The quantitative estimate of drug-likeness (QED) is 0.751. The van der Waals surface area contributed by atoms with Gasteiger partial charge >= 0.3 is 0 Å². The summed E-state index contributed by atoms with van der Waals surface area (Å²) in [5, 5.41) is 2.64. The van der Waals surface area contributed by atoms with Gasteiger partial charge in [0.15, 0.2) is 0 Å². The molecule has 0 fully saturated rings. The fourth-order valence-corrected chi connectivity index (χ4v) is 3.18. The predicted octanol–water partition coefficient (Wildman–Crippen LogP) is 3.43. The molecule has 0 atom stereocenters. The van der Waals surface area contributed by atoms with Crippen LogP contribution in [-0.2, 0) is 6.42 Å². The van der Waals surface area contributed by atoms with Gasteiger partial charge in [-0.25, -0.2) is 4.98 Å². The molecule has 0 radical (unpaired) electrons. The maximum Gasteiger partial charge on any atom is 0.260 e. The Hall–Kier alpha value is -1.65. The molecule has 96 valence electrons. The molecule has 1 aromatic carbocycles. The van der Waals surface area contributed by atoms with Crippen LogP contribution >= 0.6 is 22.9 Å². The van der Waals surface area contributed by atoms with Crippen LogP contribution in [0.25, 0.3) is 21.3 Å². The number of aromatic nitrogens is 2. The number of rotatable bonds is 3. The zero-order valence-corrected chi connectivity index (χ0v) is 11.6. The Balaban J connectivity index is 2.22. The highest BCUT2D eigenvalue weighted by atomic mass is 35.5. The van der Waals surface area contributed by atoms with E-state index >= 15 is 0 Å². The summed E-state index contributed by atoms with van der Waals surface area (Å²) in [5.74, 6) is 1.10. The summed E-state index contributed by atoms with van der Waals surface area (Å²) in [6.45, 7) is 0. The number of H-pyrrole nitrogens is 1. The smallest absolute Gasteiger partial charge is 0.260 e. The molecular weight excluding hydrogens is 280 g/mol. The molecule has 3 nitrogen and oxygen atoms in total. The Bertz CT molecular complexity index is 764. The summed E-state index contributed by atoms with van der Waals surface area (Å²) < 4.78 is 0. The van der Waals surface area contributed by atoms with E-state index in [2.05, 4.69) is 9.97 Å². The second-order valence-electron chi connectivity index (χ2n) is 4.15. The Kier molecular flexibility index (Phi) is 3.36. The van der Waals surface area contributed by atoms with E-state index in [1.807, 2.05) is 35.7 Å². The molecule has 0 amide bonds. The van der Waals surface area contributed by atoms with E-state index in [-0.39, 0.29) is 5.56 Å². The number of aryl methyl sites for hydroxylation is 1. The van der Waals surface area contributed by atoms with Crippen molar-refractivity contribution in [2.75, 3.05) is 5.88 Å². The summed E-state index contributed by atoms with van der Waals surface area (Å²) in [5.41, 5.74) is 1.88. The first-order chi connectivity index (χ1) is 9.29. The minimum atomic E-state index is -0.0924. The number of hydrogen-bond donors (Lipinski definition) is 1. The van der Waals surface area contributed by atoms with Gasteiger partial charge in [0.2, 0.25) is 0 Å². The number of fused-ring (bicyclic) bond motifs is 1. The van der Waals surface area contributed by atoms with E-state index < -0.39 is 0 Å². The van der Waals surface area contributed by atoms with Gasteiger partial charge in [-0.2, -0.15) is 0 Å². The molecule has 2 heterocycles. The monoisotopic (exact) mass is 290 g/mol.